The van der Waals surface area contributed by atoms with Gasteiger partial charge in [-0.2, -0.15) is 0 Å². The third-order valence-electron chi connectivity index (χ3n) is 4.21. The van der Waals surface area contributed by atoms with E-state index in [0.29, 0.717) is 10.6 Å². The van der Waals surface area contributed by atoms with E-state index < -0.39 is 17.9 Å². The van der Waals surface area contributed by atoms with Gasteiger partial charge in [0.05, 0.1) is 0 Å². The van der Waals surface area contributed by atoms with E-state index in [9.17, 15) is 14.7 Å². The smallest absolute Gasteiger partial charge is 0.326 e. The van der Waals surface area contributed by atoms with Crippen LogP contribution in [0.2, 0.25) is 5.02 Å². The van der Waals surface area contributed by atoms with Crippen LogP contribution in [0.5, 0.6) is 0 Å². The number of hydrogen-bond acceptors (Lipinski definition) is 2. The Morgan fingerprint density at radius 1 is 0.852 bits per heavy atom. The summed E-state index contributed by atoms with van der Waals surface area (Å²) in [4.78, 5) is 23.9. The number of rotatable bonds is 6. The van der Waals surface area contributed by atoms with Gasteiger partial charge in [-0.15, -0.1) is 0 Å². The third kappa shape index (κ3) is 4.96. The van der Waals surface area contributed by atoms with Crippen molar-refractivity contribution in [2.45, 2.75) is 12.5 Å². The Hall–Kier alpha value is -3.11. The molecule has 3 aromatic rings. The summed E-state index contributed by atoms with van der Waals surface area (Å²) in [5, 5.41) is 12.6. The van der Waals surface area contributed by atoms with Gasteiger partial charge in [0.2, 0.25) is 0 Å². The van der Waals surface area contributed by atoms with E-state index in [0.717, 1.165) is 16.7 Å². The molecule has 0 saturated heterocycles. The van der Waals surface area contributed by atoms with Crippen LogP contribution in [0.3, 0.4) is 0 Å². The Morgan fingerprint density at radius 3 is 2.04 bits per heavy atom. The second-order valence-corrected chi connectivity index (χ2v) is 6.57. The number of nitrogens with one attached hydrogen (secondary N) is 1. The summed E-state index contributed by atoms with van der Waals surface area (Å²) in [5.74, 6) is -1.52. The number of carboxylic acids is 1. The summed E-state index contributed by atoms with van der Waals surface area (Å²) in [6.45, 7) is 0. The first-order valence-electron chi connectivity index (χ1n) is 8.46. The molecule has 3 aromatic carbocycles. The number of carbonyl (C=O) groups is 2. The highest BCUT2D eigenvalue weighted by molar-refractivity contribution is 6.30. The van der Waals surface area contributed by atoms with Gasteiger partial charge in [-0.05, 0) is 41.0 Å². The van der Waals surface area contributed by atoms with Crippen LogP contribution in [-0.2, 0) is 11.2 Å². The highest BCUT2D eigenvalue weighted by Gasteiger charge is 2.21. The van der Waals surface area contributed by atoms with Crippen molar-refractivity contribution in [1.82, 2.24) is 5.32 Å². The minimum absolute atomic E-state index is 0.198. The zero-order valence-electron chi connectivity index (χ0n) is 14.4. The normalized spacial score (nSPS) is 11.6. The Kier molecular flexibility index (Phi) is 5.89. The Bertz CT molecular complexity index is 922. The highest BCUT2D eigenvalue weighted by atomic mass is 35.5. The lowest BCUT2D eigenvalue weighted by Gasteiger charge is -2.15. The number of halogens is 1. The maximum absolute atomic E-state index is 12.3. The van der Waals surface area contributed by atoms with Crippen molar-refractivity contribution in [3.63, 3.8) is 0 Å². The molecule has 136 valence electrons. The predicted molar refractivity (Wildman–Crippen MR) is 106 cm³/mol. The predicted octanol–water partition coefficient (Wildman–Crippen LogP) is 4.43. The average molecular weight is 380 g/mol. The SMILES string of the molecule is O=C(N[C@@H](Cc1ccc(-c2ccccc2)cc1)C(=O)O)c1ccc(Cl)cc1. The molecule has 3 rings (SSSR count). The monoisotopic (exact) mass is 379 g/mol. The van der Waals surface area contributed by atoms with Gasteiger partial charge < -0.3 is 10.4 Å². The van der Waals surface area contributed by atoms with E-state index in [1.54, 1.807) is 24.3 Å². The second-order valence-electron chi connectivity index (χ2n) is 6.14. The molecule has 0 heterocycles. The fourth-order valence-electron chi connectivity index (χ4n) is 2.74. The molecule has 27 heavy (non-hydrogen) atoms. The van der Waals surface area contributed by atoms with Crippen molar-refractivity contribution >= 4 is 23.5 Å². The van der Waals surface area contributed by atoms with Crippen LogP contribution >= 0.6 is 11.6 Å². The van der Waals surface area contributed by atoms with Gasteiger partial charge in [0.25, 0.3) is 5.91 Å². The fourth-order valence-corrected chi connectivity index (χ4v) is 2.87. The summed E-state index contributed by atoms with van der Waals surface area (Å²) in [6.07, 6.45) is 0.198. The molecule has 0 aliphatic heterocycles. The van der Waals surface area contributed by atoms with E-state index >= 15 is 0 Å². The van der Waals surface area contributed by atoms with Gasteiger partial charge in [0.15, 0.2) is 0 Å². The minimum Gasteiger partial charge on any atom is -0.480 e. The first-order valence-corrected chi connectivity index (χ1v) is 8.84. The second kappa shape index (κ2) is 8.52. The van der Waals surface area contributed by atoms with E-state index in [2.05, 4.69) is 5.32 Å². The molecule has 0 saturated carbocycles. The third-order valence-corrected chi connectivity index (χ3v) is 4.46. The molecule has 4 nitrogen and oxygen atoms in total. The van der Waals surface area contributed by atoms with Crippen LogP contribution in [0.1, 0.15) is 15.9 Å². The van der Waals surface area contributed by atoms with Gasteiger partial charge in [-0.25, -0.2) is 4.79 Å². The van der Waals surface area contributed by atoms with E-state index in [1.165, 1.54) is 0 Å². The van der Waals surface area contributed by atoms with Gasteiger partial charge in [0, 0.05) is 17.0 Å². The molecule has 0 spiro atoms. The van der Waals surface area contributed by atoms with E-state index in [-0.39, 0.29) is 6.42 Å². The van der Waals surface area contributed by atoms with E-state index in [4.69, 9.17) is 11.6 Å². The summed E-state index contributed by atoms with van der Waals surface area (Å²) in [5.41, 5.74) is 3.34. The lowest BCUT2D eigenvalue weighted by Crippen LogP contribution is -2.42. The average Bonchev–Trinajstić information content (AvgIpc) is 2.69. The van der Waals surface area contributed by atoms with Crippen LogP contribution < -0.4 is 5.32 Å². The molecule has 2 N–H and O–H groups in total. The van der Waals surface area contributed by atoms with Crippen LogP contribution in [0.25, 0.3) is 11.1 Å². The first-order chi connectivity index (χ1) is 13.0. The maximum Gasteiger partial charge on any atom is 0.326 e. The number of amides is 1. The van der Waals surface area contributed by atoms with Crippen molar-refractivity contribution in [1.29, 1.82) is 0 Å². The first kappa shape index (κ1) is 18.7. The van der Waals surface area contributed by atoms with Crippen molar-refractivity contribution in [3.8, 4) is 11.1 Å². The summed E-state index contributed by atoms with van der Waals surface area (Å²) in [7, 11) is 0. The molecule has 1 amide bonds. The Balaban J connectivity index is 1.70. The van der Waals surface area contributed by atoms with Gasteiger partial charge in [0.1, 0.15) is 6.04 Å². The van der Waals surface area contributed by atoms with Crippen molar-refractivity contribution < 1.29 is 14.7 Å². The molecule has 0 aliphatic carbocycles. The molecule has 0 radical (unpaired) electrons. The summed E-state index contributed by atoms with van der Waals surface area (Å²) in [6, 6.07) is 22.9. The lowest BCUT2D eigenvalue weighted by atomic mass is 10.0. The van der Waals surface area contributed by atoms with Crippen LogP contribution in [-0.4, -0.2) is 23.0 Å². The van der Waals surface area contributed by atoms with Crippen molar-refractivity contribution in [2.24, 2.45) is 0 Å². The quantitative estimate of drug-likeness (QED) is 0.665. The number of aliphatic carboxylic acids is 1. The van der Waals surface area contributed by atoms with E-state index in [1.807, 2.05) is 54.6 Å². The molecule has 0 aromatic heterocycles. The fraction of sp³-hybridized carbons (Fsp3) is 0.0909. The molecular weight excluding hydrogens is 362 g/mol. The summed E-state index contributed by atoms with van der Waals surface area (Å²) < 4.78 is 0. The number of benzene rings is 3. The zero-order valence-corrected chi connectivity index (χ0v) is 15.2. The molecule has 0 bridgehead atoms. The maximum atomic E-state index is 12.3. The van der Waals surface area contributed by atoms with Gasteiger partial charge in [-0.3, -0.25) is 4.79 Å². The van der Waals surface area contributed by atoms with Crippen LogP contribution in [0.4, 0.5) is 0 Å². The summed E-state index contributed by atoms with van der Waals surface area (Å²) >= 11 is 5.81. The lowest BCUT2D eigenvalue weighted by molar-refractivity contribution is -0.139. The minimum atomic E-state index is -1.08. The highest BCUT2D eigenvalue weighted by Crippen LogP contribution is 2.20. The molecule has 0 aliphatic rings. The van der Waals surface area contributed by atoms with Gasteiger partial charge in [-0.1, -0.05) is 66.2 Å². The Morgan fingerprint density at radius 2 is 1.44 bits per heavy atom. The van der Waals surface area contributed by atoms with Crippen molar-refractivity contribution in [3.05, 3.63) is 95.0 Å². The molecule has 5 heteroatoms. The van der Waals surface area contributed by atoms with Crippen molar-refractivity contribution in [2.75, 3.05) is 0 Å². The Labute approximate surface area is 162 Å². The number of carbonyl (C=O) groups excluding carboxylic acids is 1. The van der Waals surface area contributed by atoms with Crippen LogP contribution in [0, 0.1) is 0 Å². The number of carboxylic acid groups (broad SMARTS) is 1. The number of hydrogen-bond donors (Lipinski definition) is 2. The molecule has 1 atom stereocenters. The zero-order chi connectivity index (χ0) is 19.2. The topological polar surface area (TPSA) is 66.4 Å². The molecular formula is C22H18ClNO3. The largest absolute Gasteiger partial charge is 0.480 e. The van der Waals surface area contributed by atoms with Crippen LogP contribution in [0.15, 0.2) is 78.9 Å². The van der Waals surface area contributed by atoms with Gasteiger partial charge >= 0.3 is 5.97 Å². The molecule has 0 unspecified atom stereocenters. The standard InChI is InChI=1S/C22H18ClNO3/c23-19-12-10-18(11-13-19)21(25)24-20(22(26)27)14-15-6-8-17(9-7-15)16-4-2-1-3-5-16/h1-13,20H,14H2,(H,24,25)(H,26,27)/t20-/m0/s1. The molecule has 0 fully saturated rings.